The highest BCUT2D eigenvalue weighted by Crippen LogP contribution is 2.32. The number of rotatable bonds is 8. The molecule has 3 rings (SSSR count). The van der Waals surface area contributed by atoms with E-state index in [1.807, 2.05) is 0 Å². The van der Waals surface area contributed by atoms with E-state index in [1.165, 1.54) is 12.1 Å². The van der Waals surface area contributed by atoms with Gasteiger partial charge in [0.2, 0.25) is 0 Å². The van der Waals surface area contributed by atoms with Crippen LogP contribution in [-0.2, 0) is 16.0 Å². The second-order valence-electron chi connectivity index (χ2n) is 6.84. The van der Waals surface area contributed by atoms with E-state index in [0.717, 1.165) is 0 Å². The van der Waals surface area contributed by atoms with Gasteiger partial charge in [0, 0.05) is 28.6 Å². The van der Waals surface area contributed by atoms with Crippen LogP contribution in [0.4, 0.5) is 16.2 Å². The summed E-state index contributed by atoms with van der Waals surface area (Å²) in [6.07, 6.45) is -0.293. The van der Waals surface area contributed by atoms with Gasteiger partial charge in [0.1, 0.15) is 0 Å². The van der Waals surface area contributed by atoms with Crippen LogP contribution in [0, 0.1) is 0 Å². The van der Waals surface area contributed by atoms with Crippen LogP contribution in [0.2, 0.25) is 0 Å². The highest BCUT2D eigenvalue weighted by Gasteiger charge is 2.29. The van der Waals surface area contributed by atoms with Crippen LogP contribution in [0.25, 0.3) is 0 Å². The highest BCUT2D eigenvalue weighted by atomic mass is 32.2. The number of amides is 3. The summed E-state index contributed by atoms with van der Waals surface area (Å²) in [5.41, 5.74) is 6.94. The number of carbonyl (C=O) groups is 3. The molecule has 32 heavy (non-hydrogen) atoms. The third kappa shape index (κ3) is 6.10. The average Bonchev–Trinajstić information content (AvgIpc) is 2.77. The molecule has 0 aliphatic heterocycles. The minimum absolute atomic E-state index is 0.293. The van der Waals surface area contributed by atoms with Gasteiger partial charge in [-0.15, -0.1) is 0 Å². The molecule has 3 aromatic carbocycles. The van der Waals surface area contributed by atoms with Crippen molar-refractivity contribution >= 4 is 40.5 Å². The molecule has 9 heteroatoms. The Hall–Kier alpha value is -3.82. The lowest BCUT2D eigenvalue weighted by Gasteiger charge is -2.21. The molecule has 3 amide bonds. The summed E-state index contributed by atoms with van der Waals surface area (Å²) in [6, 6.07) is 20.8. The monoisotopic (exact) mass is 451 g/mol. The van der Waals surface area contributed by atoms with Gasteiger partial charge >= 0.3 is 12.0 Å². The zero-order valence-corrected chi connectivity index (χ0v) is 17.7. The van der Waals surface area contributed by atoms with Gasteiger partial charge in [-0.3, -0.25) is 9.59 Å². The van der Waals surface area contributed by atoms with Gasteiger partial charge in [-0.05, 0) is 47.6 Å². The molecule has 0 saturated heterocycles. The molecular weight excluding hydrogens is 430 g/mol. The van der Waals surface area contributed by atoms with Crippen molar-refractivity contribution in [1.29, 1.82) is 0 Å². The molecule has 0 saturated carbocycles. The average molecular weight is 452 g/mol. The molecule has 0 aliphatic rings. The normalized spacial score (nSPS) is 12.4. The first kappa shape index (κ1) is 22.9. The number of nitrogens with two attached hydrogens (primary N) is 1. The van der Waals surface area contributed by atoms with Crippen LogP contribution in [0.3, 0.4) is 0 Å². The van der Waals surface area contributed by atoms with Crippen molar-refractivity contribution in [3.63, 3.8) is 0 Å². The number of anilines is 2. The minimum Gasteiger partial charge on any atom is -0.611 e. The van der Waals surface area contributed by atoms with Crippen LogP contribution in [0.15, 0.2) is 83.8 Å². The van der Waals surface area contributed by atoms with Crippen molar-refractivity contribution in [1.82, 2.24) is 0 Å². The summed E-state index contributed by atoms with van der Waals surface area (Å²) in [4.78, 5) is 35.2. The quantitative estimate of drug-likeness (QED) is 0.385. The van der Waals surface area contributed by atoms with Crippen molar-refractivity contribution in [2.24, 2.45) is 5.73 Å². The van der Waals surface area contributed by atoms with Gasteiger partial charge < -0.3 is 26.0 Å². The Morgan fingerprint density at radius 1 is 0.906 bits per heavy atom. The number of carboxylic acid groups (broad SMARTS) is 1. The Kier molecular flexibility index (Phi) is 7.48. The van der Waals surface area contributed by atoms with Crippen LogP contribution >= 0.6 is 0 Å². The molecule has 0 aliphatic carbocycles. The van der Waals surface area contributed by atoms with Crippen LogP contribution in [-0.4, -0.2) is 27.6 Å². The van der Waals surface area contributed by atoms with Crippen molar-refractivity contribution in [2.75, 3.05) is 10.6 Å². The number of hydrogen-bond donors (Lipinski definition) is 4. The largest absolute Gasteiger partial charge is 0.611 e. The Morgan fingerprint density at radius 2 is 1.59 bits per heavy atom. The highest BCUT2D eigenvalue weighted by molar-refractivity contribution is 7.91. The van der Waals surface area contributed by atoms with E-state index in [1.54, 1.807) is 66.7 Å². The van der Waals surface area contributed by atoms with Crippen LogP contribution in [0.5, 0.6) is 0 Å². The summed E-state index contributed by atoms with van der Waals surface area (Å²) in [6.45, 7) is 0. The van der Waals surface area contributed by atoms with Gasteiger partial charge in [0.15, 0.2) is 10.1 Å². The molecule has 0 fully saturated rings. The van der Waals surface area contributed by atoms with Crippen molar-refractivity contribution in [2.45, 2.75) is 16.6 Å². The molecule has 0 spiro atoms. The number of primary amides is 1. The van der Waals surface area contributed by atoms with Gasteiger partial charge in [-0.1, -0.05) is 36.4 Å². The van der Waals surface area contributed by atoms with Gasteiger partial charge in [-0.2, -0.15) is 0 Å². The van der Waals surface area contributed by atoms with E-state index in [0.29, 0.717) is 27.4 Å². The Balaban J connectivity index is 1.77. The standard InChI is InChI=1S/C23H21N3O5S/c24-23(30)26-17-11-9-16(10-12-17)22(29)25-18-7-4-8-19(13-18)32(31)20(14-21(27)28)15-5-2-1-3-6-15/h1-13,20H,14H2,(H,25,29)(H,27,28)(H3,24,26,30). The third-order valence-electron chi connectivity index (χ3n) is 4.53. The molecule has 0 radical (unpaired) electrons. The maximum Gasteiger partial charge on any atom is 0.316 e. The lowest BCUT2D eigenvalue weighted by molar-refractivity contribution is -0.137. The lowest BCUT2D eigenvalue weighted by atomic mass is 10.1. The molecule has 2 unspecified atom stereocenters. The van der Waals surface area contributed by atoms with Gasteiger partial charge in [-0.25, -0.2) is 4.79 Å². The smallest absolute Gasteiger partial charge is 0.316 e. The van der Waals surface area contributed by atoms with E-state index < -0.39 is 34.3 Å². The second-order valence-corrected chi connectivity index (χ2v) is 8.48. The zero-order valence-electron chi connectivity index (χ0n) is 16.9. The number of aliphatic carboxylic acids is 1. The summed E-state index contributed by atoms with van der Waals surface area (Å²) < 4.78 is 13.2. The van der Waals surface area contributed by atoms with Crippen LogP contribution < -0.4 is 16.4 Å². The number of benzene rings is 3. The first-order valence-electron chi connectivity index (χ1n) is 9.59. The number of hydrogen-bond acceptors (Lipinski definition) is 4. The van der Waals surface area contributed by atoms with Gasteiger partial charge in [0.05, 0.1) is 6.42 Å². The molecule has 2 atom stereocenters. The van der Waals surface area contributed by atoms with Crippen molar-refractivity contribution < 1.29 is 24.0 Å². The number of urea groups is 1. The minimum atomic E-state index is -1.66. The van der Waals surface area contributed by atoms with E-state index >= 15 is 0 Å². The fourth-order valence-corrected chi connectivity index (χ4v) is 4.54. The summed E-state index contributed by atoms with van der Waals surface area (Å²) in [7, 11) is 0. The molecule has 3 aromatic rings. The zero-order chi connectivity index (χ0) is 23.1. The SMILES string of the molecule is NC(=O)Nc1ccc(C(=O)Nc2cccc([S+]([O-])C(CC(=O)O)c3ccccc3)c2)cc1. The number of nitrogens with one attached hydrogen (secondary N) is 2. The lowest BCUT2D eigenvalue weighted by Crippen LogP contribution is -2.19. The first-order chi connectivity index (χ1) is 15.3. The molecule has 164 valence electrons. The molecule has 8 nitrogen and oxygen atoms in total. The summed E-state index contributed by atoms with van der Waals surface area (Å²) >= 11 is -1.66. The van der Waals surface area contributed by atoms with Crippen molar-refractivity contribution in [3.8, 4) is 0 Å². The Morgan fingerprint density at radius 3 is 2.22 bits per heavy atom. The van der Waals surface area contributed by atoms with Gasteiger partial charge in [0.25, 0.3) is 5.91 Å². The number of carbonyl (C=O) groups excluding carboxylic acids is 2. The third-order valence-corrected chi connectivity index (χ3v) is 6.20. The summed E-state index contributed by atoms with van der Waals surface area (Å²) in [5.74, 6) is -1.45. The Labute approximate surface area is 187 Å². The van der Waals surface area contributed by atoms with Crippen molar-refractivity contribution in [3.05, 3.63) is 90.0 Å². The van der Waals surface area contributed by atoms with E-state index in [2.05, 4.69) is 10.6 Å². The molecule has 0 bridgehead atoms. The number of carboxylic acids is 1. The first-order valence-corrected chi connectivity index (χ1v) is 10.8. The van der Waals surface area contributed by atoms with E-state index in [-0.39, 0.29) is 6.42 Å². The Bertz CT molecular complexity index is 1110. The molecule has 0 aromatic heterocycles. The maximum absolute atomic E-state index is 13.2. The fourth-order valence-electron chi connectivity index (χ4n) is 3.06. The molecule has 5 N–H and O–H groups in total. The summed E-state index contributed by atoms with van der Waals surface area (Å²) in [5, 5.41) is 13.7. The van der Waals surface area contributed by atoms with E-state index in [9.17, 15) is 24.0 Å². The topological polar surface area (TPSA) is 145 Å². The van der Waals surface area contributed by atoms with E-state index in [4.69, 9.17) is 5.73 Å². The molecule has 0 heterocycles. The maximum atomic E-state index is 13.2. The van der Waals surface area contributed by atoms with Crippen LogP contribution in [0.1, 0.15) is 27.6 Å². The molecular formula is C23H21N3O5S. The predicted octanol–water partition coefficient (Wildman–Crippen LogP) is 3.75. The second kappa shape index (κ2) is 10.5. The predicted molar refractivity (Wildman–Crippen MR) is 122 cm³/mol. The fraction of sp³-hybridized carbons (Fsp3) is 0.0870.